The summed E-state index contributed by atoms with van der Waals surface area (Å²) in [5.74, 6) is 2.38. The summed E-state index contributed by atoms with van der Waals surface area (Å²) in [5, 5.41) is 10.9. The van der Waals surface area contributed by atoms with Gasteiger partial charge in [0.05, 0.1) is 12.8 Å². The maximum Gasteiger partial charge on any atom is 0.246 e. The predicted molar refractivity (Wildman–Crippen MR) is 95.1 cm³/mol. The molecule has 8 heteroatoms. The van der Waals surface area contributed by atoms with Crippen LogP contribution in [0.2, 0.25) is 5.02 Å². The molecule has 0 bridgehead atoms. The van der Waals surface area contributed by atoms with Gasteiger partial charge in [-0.2, -0.15) is 4.98 Å². The lowest BCUT2D eigenvalue weighted by Crippen LogP contribution is -2.36. The zero-order valence-corrected chi connectivity index (χ0v) is 14.5. The maximum atomic E-state index is 5.99. The van der Waals surface area contributed by atoms with Crippen LogP contribution in [0, 0.1) is 0 Å². The summed E-state index contributed by atoms with van der Waals surface area (Å²) in [6, 6.07) is 11.0. The number of hydrogen-bond donors (Lipinski definition) is 2. The van der Waals surface area contributed by atoms with Gasteiger partial charge in [-0.15, -0.1) is 0 Å². The Kier molecular flexibility index (Phi) is 5.69. The Morgan fingerprint density at radius 2 is 2.16 bits per heavy atom. The van der Waals surface area contributed by atoms with Crippen LogP contribution in [-0.2, 0) is 13.1 Å². The van der Waals surface area contributed by atoms with Crippen molar-refractivity contribution in [3.63, 3.8) is 0 Å². The summed E-state index contributed by atoms with van der Waals surface area (Å²) in [4.78, 5) is 8.80. The van der Waals surface area contributed by atoms with Gasteiger partial charge in [-0.05, 0) is 31.2 Å². The summed E-state index contributed by atoms with van der Waals surface area (Å²) in [5.41, 5.74) is 0.806. The average molecular weight is 360 g/mol. The molecule has 3 aromatic rings. The Morgan fingerprint density at radius 1 is 1.24 bits per heavy atom. The van der Waals surface area contributed by atoms with Crippen LogP contribution >= 0.6 is 11.6 Å². The number of hydrogen-bond acceptors (Lipinski definition) is 5. The van der Waals surface area contributed by atoms with Crippen molar-refractivity contribution in [3.05, 3.63) is 59.3 Å². The molecule has 0 unspecified atom stereocenters. The molecule has 1 aromatic carbocycles. The zero-order chi connectivity index (χ0) is 17.5. The molecule has 0 saturated carbocycles. The van der Waals surface area contributed by atoms with E-state index >= 15 is 0 Å². The number of halogens is 1. The largest absolute Gasteiger partial charge is 0.467 e. The Bertz CT molecular complexity index is 829. The molecule has 0 amide bonds. The number of benzene rings is 1. The van der Waals surface area contributed by atoms with Gasteiger partial charge < -0.3 is 19.6 Å². The Labute approximate surface area is 150 Å². The fourth-order valence-electron chi connectivity index (χ4n) is 2.13. The van der Waals surface area contributed by atoms with Gasteiger partial charge in [0.25, 0.3) is 0 Å². The van der Waals surface area contributed by atoms with Gasteiger partial charge >= 0.3 is 0 Å². The quantitative estimate of drug-likeness (QED) is 0.519. The number of nitrogens with one attached hydrogen (secondary N) is 2. The van der Waals surface area contributed by atoms with E-state index in [1.165, 1.54) is 0 Å². The first kappa shape index (κ1) is 17.0. The van der Waals surface area contributed by atoms with Crippen LogP contribution in [0.5, 0.6) is 0 Å². The third-order valence-electron chi connectivity index (χ3n) is 3.28. The molecular weight excluding hydrogens is 342 g/mol. The minimum atomic E-state index is 0.359. The second-order valence-corrected chi connectivity index (χ2v) is 5.59. The van der Waals surface area contributed by atoms with Crippen molar-refractivity contribution in [2.75, 3.05) is 6.54 Å². The number of nitrogens with zero attached hydrogens (tertiary/aromatic N) is 3. The average Bonchev–Trinajstić information content (AvgIpc) is 3.29. The molecule has 0 aliphatic rings. The zero-order valence-electron chi connectivity index (χ0n) is 13.7. The standard InChI is InChI=1S/C17H18ClN5O2/c1-2-19-17(20-10-14-7-4-8-24-14)21-11-15-22-16(23-25-15)12-5-3-6-13(18)9-12/h3-9H,2,10-11H2,1H3,(H2,19,20,21). The van der Waals surface area contributed by atoms with Crippen molar-refractivity contribution in [3.8, 4) is 11.4 Å². The Morgan fingerprint density at radius 3 is 2.92 bits per heavy atom. The molecule has 2 aromatic heterocycles. The molecule has 0 saturated heterocycles. The number of rotatable bonds is 6. The lowest BCUT2D eigenvalue weighted by molar-refractivity contribution is 0.375. The molecule has 0 atom stereocenters. The van der Waals surface area contributed by atoms with E-state index in [0.29, 0.717) is 35.8 Å². The van der Waals surface area contributed by atoms with Crippen molar-refractivity contribution in [1.82, 2.24) is 20.8 Å². The highest BCUT2D eigenvalue weighted by Crippen LogP contribution is 2.19. The van der Waals surface area contributed by atoms with Crippen LogP contribution < -0.4 is 10.6 Å². The summed E-state index contributed by atoms with van der Waals surface area (Å²) < 4.78 is 10.5. The first-order valence-corrected chi connectivity index (χ1v) is 8.25. The van der Waals surface area contributed by atoms with Crippen LogP contribution in [-0.4, -0.2) is 22.6 Å². The summed E-state index contributed by atoms with van der Waals surface area (Å²) in [6.45, 7) is 3.53. The fraction of sp³-hybridized carbons (Fsp3) is 0.235. The van der Waals surface area contributed by atoms with Gasteiger partial charge in [0.2, 0.25) is 11.7 Å². The van der Waals surface area contributed by atoms with Crippen LogP contribution in [0.4, 0.5) is 0 Å². The summed E-state index contributed by atoms with van der Waals surface area (Å²) in [6.07, 6.45) is 1.63. The molecule has 7 nitrogen and oxygen atoms in total. The second-order valence-electron chi connectivity index (χ2n) is 5.15. The van der Waals surface area contributed by atoms with E-state index in [-0.39, 0.29) is 0 Å². The number of aromatic nitrogens is 2. The lowest BCUT2D eigenvalue weighted by atomic mass is 10.2. The number of guanidine groups is 1. The van der Waals surface area contributed by atoms with Gasteiger partial charge in [0.1, 0.15) is 12.3 Å². The van der Waals surface area contributed by atoms with Gasteiger partial charge in [-0.3, -0.25) is 0 Å². The first-order valence-electron chi connectivity index (χ1n) is 7.87. The second kappa shape index (κ2) is 8.34. The highest BCUT2D eigenvalue weighted by Gasteiger charge is 2.09. The molecule has 0 aliphatic heterocycles. The van der Waals surface area contributed by atoms with Gasteiger partial charge in [-0.1, -0.05) is 28.9 Å². The number of furan rings is 1. The van der Waals surface area contributed by atoms with E-state index in [0.717, 1.165) is 17.9 Å². The Hall–Kier alpha value is -2.80. The van der Waals surface area contributed by atoms with Crippen LogP contribution in [0.15, 0.2) is 56.6 Å². The highest BCUT2D eigenvalue weighted by molar-refractivity contribution is 6.30. The number of aliphatic imine (C=N–C) groups is 1. The van der Waals surface area contributed by atoms with Crippen molar-refractivity contribution in [2.45, 2.75) is 20.0 Å². The molecule has 3 rings (SSSR count). The SMILES string of the molecule is CCNC(=NCc1ccco1)NCc1nc(-c2cccc(Cl)c2)no1. The van der Waals surface area contributed by atoms with Crippen molar-refractivity contribution >= 4 is 17.6 Å². The van der Waals surface area contributed by atoms with Crippen LogP contribution in [0.25, 0.3) is 11.4 Å². The van der Waals surface area contributed by atoms with Crippen LogP contribution in [0.1, 0.15) is 18.6 Å². The fourth-order valence-corrected chi connectivity index (χ4v) is 2.32. The van der Waals surface area contributed by atoms with Gasteiger partial charge in [-0.25, -0.2) is 4.99 Å². The molecular formula is C17H18ClN5O2. The molecule has 0 spiro atoms. The molecule has 25 heavy (non-hydrogen) atoms. The van der Waals surface area contributed by atoms with Crippen molar-refractivity contribution in [2.24, 2.45) is 4.99 Å². The van der Waals surface area contributed by atoms with E-state index in [1.807, 2.05) is 31.2 Å². The normalized spacial score (nSPS) is 11.5. The van der Waals surface area contributed by atoms with Gasteiger partial charge in [0, 0.05) is 17.1 Å². The predicted octanol–water partition coefficient (Wildman–Crippen LogP) is 3.24. The maximum absolute atomic E-state index is 5.99. The summed E-state index contributed by atoms with van der Waals surface area (Å²) in [7, 11) is 0. The van der Waals surface area contributed by atoms with Crippen molar-refractivity contribution < 1.29 is 8.94 Å². The van der Waals surface area contributed by atoms with E-state index in [1.54, 1.807) is 18.4 Å². The van der Waals surface area contributed by atoms with Crippen molar-refractivity contribution in [1.29, 1.82) is 0 Å². The topological polar surface area (TPSA) is 88.5 Å². The molecule has 2 heterocycles. The molecule has 2 N–H and O–H groups in total. The van der Waals surface area contributed by atoms with E-state index < -0.39 is 0 Å². The molecule has 0 fully saturated rings. The lowest BCUT2D eigenvalue weighted by Gasteiger charge is -2.08. The highest BCUT2D eigenvalue weighted by atomic mass is 35.5. The monoisotopic (exact) mass is 359 g/mol. The third-order valence-corrected chi connectivity index (χ3v) is 3.51. The minimum Gasteiger partial charge on any atom is -0.467 e. The molecule has 130 valence electrons. The molecule has 0 radical (unpaired) electrons. The minimum absolute atomic E-state index is 0.359. The third kappa shape index (κ3) is 4.84. The Balaban J connectivity index is 1.62. The van der Waals surface area contributed by atoms with Crippen LogP contribution in [0.3, 0.4) is 0 Å². The smallest absolute Gasteiger partial charge is 0.246 e. The van der Waals surface area contributed by atoms with Gasteiger partial charge in [0.15, 0.2) is 5.96 Å². The van der Waals surface area contributed by atoms with E-state index in [9.17, 15) is 0 Å². The summed E-state index contributed by atoms with van der Waals surface area (Å²) >= 11 is 5.99. The molecule has 0 aliphatic carbocycles. The van der Waals surface area contributed by atoms with E-state index in [4.69, 9.17) is 20.5 Å². The van der Waals surface area contributed by atoms with E-state index in [2.05, 4.69) is 25.8 Å². The first-order chi connectivity index (χ1) is 12.2.